The van der Waals surface area contributed by atoms with Crippen LogP contribution in [0.5, 0.6) is 0 Å². The molecular weight excluding hydrogens is 905 g/mol. The fourth-order valence-electron chi connectivity index (χ4n) is 10.9. The number of aliphatic carboxylic acids is 1. The van der Waals surface area contributed by atoms with Gasteiger partial charge in [0, 0.05) is 33.2 Å². The van der Waals surface area contributed by atoms with Crippen LogP contribution in [0.3, 0.4) is 0 Å². The highest BCUT2D eigenvalue weighted by Gasteiger charge is 2.44. The van der Waals surface area contributed by atoms with Gasteiger partial charge in [0.25, 0.3) is 5.97 Å². The van der Waals surface area contributed by atoms with E-state index in [9.17, 15) is 33.6 Å². The summed E-state index contributed by atoms with van der Waals surface area (Å²) in [6.45, 7) is 1.08. The highest BCUT2D eigenvalue weighted by atomic mass is 16.4. The number of amides is 6. The van der Waals surface area contributed by atoms with Crippen LogP contribution in [0.25, 0.3) is 11.0 Å². The fourth-order valence-corrected chi connectivity index (χ4v) is 10.9. The van der Waals surface area contributed by atoms with Crippen LogP contribution >= 0.6 is 0 Å². The molecule has 0 radical (unpaired) electrons. The maximum atomic E-state index is 14.4. The molecule has 1 saturated heterocycles. The number of hydrogen-bond acceptors (Lipinski definition) is 9. The lowest BCUT2D eigenvalue weighted by molar-refractivity contribution is -0.136. The largest absolute Gasteiger partial charge is 0.481 e. The first kappa shape index (κ1) is 50.0. The minimum absolute atomic E-state index is 0.0229. The van der Waals surface area contributed by atoms with Crippen molar-refractivity contribution in [1.82, 2.24) is 25.1 Å². The topological polar surface area (TPSA) is 258 Å². The molecule has 1 unspecified atom stereocenters. The Balaban J connectivity index is 0.00000163. The van der Waals surface area contributed by atoms with Crippen molar-refractivity contribution in [1.29, 1.82) is 0 Å². The smallest absolute Gasteiger partial charge is 0.329 e. The Hall–Kier alpha value is -7.40. The summed E-state index contributed by atoms with van der Waals surface area (Å²) in [4.78, 5) is 103. The molecule has 17 nitrogen and oxygen atoms in total. The van der Waals surface area contributed by atoms with E-state index in [1.54, 1.807) is 16.5 Å². The zero-order chi connectivity index (χ0) is 50.5. The van der Waals surface area contributed by atoms with E-state index in [2.05, 4.69) is 34.1 Å². The van der Waals surface area contributed by atoms with Gasteiger partial charge in [0.1, 0.15) is 18.1 Å². The Morgan fingerprint density at radius 1 is 0.761 bits per heavy atom. The number of aromatic nitrogens is 2. The Bertz CT molecular complexity index is 2860. The second-order valence-electron chi connectivity index (χ2n) is 19.5. The Morgan fingerprint density at radius 2 is 1.37 bits per heavy atom. The van der Waals surface area contributed by atoms with Gasteiger partial charge in [-0.05, 0) is 122 Å². The summed E-state index contributed by atoms with van der Waals surface area (Å²) >= 11 is 0. The molecule has 0 spiro atoms. The number of imidazole rings is 1. The molecule has 3 aliphatic heterocycles. The molecule has 71 heavy (non-hydrogen) atoms. The molecule has 9 rings (SSSR count). The normalized spacial score (nSPS) is 21.1. The SMILES string of the molecule is CC(=O)O.Cn1c(=O)n(C2CCC(=O)NC2=O)c2ccc(CC3CCC(Cc4cc5c6c(c4)C[C@@H](C(=O)N[C@@H](CCC(N)=O)C(=O)NC(c4ccccc4)c4ccccc4)N6C(=O)[C@@H](N)CC5)CC3)cc21. The van der Waals surface area contributed by atoms with Crippen molar-refractivity contribution in [3.8, 4) is 0 Å². The summed E-state index contributed by atoms with van der Waals surface area (Å²) in [5.41, 5.74) is 19.8. The molecule has 4 aromatic carbocycles. The number of nitrogens with one attached hydrogen (secondary N) is 3. The van der Waals surface area contributed by atoms with Crippen molar-refractivity contribution in [2.24, 2.45) is 30.4 Å². The maximum Gasteiger partial charge on any atom is 0.329 e. The first-order chi connectivity index (χ1) is 34.1. The van der Waals surface area contributed by atoms with Gasteiger partial charge >= 0.3 is 5.69 Å². The molecule has 6 amide bonds. The summed E-state index contributed by atoms with van der Waals surface area (Å²) in [6.07, 6.45) is 7.58. The van der Waals surface area contributed by atoms with Crippen molar-refractivity contribution in [2.45, 2.75) is 121 Å². The summed E-state index contributed by atoms with van der Waals surface area (Å²) in [6, 6.07) is 25.3. The van der Waals surface area contributed by atoms with Gasteiger partial charge in [-0.3, -0.25) is 52.9 Å². The predicted octanol–water partition coefficient (Wildman–Crippen LogP) is 4.19. The number of carboxylic acids is 1. The van der Waals surface area contributed by atoms with Crippen LogP contribution in [-0.4, -0.2) is 73.8 Å². The molecular formula is C54H62N8O9. The molecule has 372 valence electrons. The number of rotatable bonds is 14. The van der Waals surface area contributed by atoms with E-state index in [4.69, 9.17) is 21.4 Å². The van der Waals surface area contributed by atoms with E-state index in [0.717, 1.165) is 84.5 Å². The van der Waals surface area contributed by atoms with Crippen LogP contribution < -0.4 is 38.0 Å². The fraction of sp³-hybridized carbons (Fsp3) is 0.407. The molecule has 17 heteroatoms. The Morgan fingerprint density at radius 3 is 1.97 bits per heavy atom. The van der Waals surface area contributed by atoms with Crippen LogP contribution in [0.2, 0.25) is 0 Å². The van der Waals surface area contributed by atoms with Crippen molar-refractivity contribution in [3.63, 3.8) is 0 Å². The highest BCUT2D eigenvalue weighted by Crippen LogP contribution is 2.42. The standard InChI is InChI=1S/C52H58N8O7.C2H4O2/c1-58-42-28-32(16-20-40(42)59(52(58)67)41-21-23-45(62)56-49(41)64)24-30-12-14-31(15-13-30)25-33-26-36-17-18-38(53)51(66)60-43(29-37(27-33)47(36)60)50(65)55-39(19-22-44(54)61)48(63)57-46(34-8-4-2-5-9-34)35-10-6-3-7-11-35;1-2(3)4/h2-11,16,20,26-28,30-31,38-39,41,43,46H,12-15,17-19,21-25,29,53H2,1H3,(H2,54,61)(H,55,65)(H,57,63)(H,56,62,64);1H3,(H,3,4)/t30?,31?,38-,39-,41?,43-;/m0./s1. The summed E-state index contributed by atoms with van der Waals surface area (Å²) in [7, 11) is 1.72. The number of nitrogens with zero attached hydrogens (tertiary/aromatic N) is 3. The monoisotopic (exact) mass is 966 g/mol. The number of benzene rings is 4. The number of anilines is 1. The van der Waals surface area contributed by atoms with Crippen molar-refractivity contribution in [2.75, 3.05) is 4.90 Å². The van der Waals surface area contributed by atoms with Crippen LogP contribution in [0.15, 0.2) is 95.8 Å². The average Bonchev–Trinajstić information content (AvgIpc) is 3.81. The predicted molar refractivity (Wildman–Crippen MR) is 266 cm³/mol. The van der Waals surface area contributed by atoms with Gasteiger partial charge in [0.2, 0.25) is 35.4 Å². The van der Waals surface area contributed by atoms with Gasteiger partial charge in [-0.25, -0.2) is 4.79 Å². The molecule has 4 heterocycles. The van der Waals surface area contributed by atoms with Crippen LogP contribution in [-0.2, 0) is 66.3 Å². The van der Waals surface area contributed by atoms with E-state index in [1.807, 2.05) is 72.8 Å². The number of fused-ring (bicyclic) bond motifs is 1. The van der Waals surface area contributed by atoms with E-state index in [-0.39, 0.29) is 43.2 Å². The number of nitrogens with two attached hydrogens (primary N) is 2. The third-order valence-electron chi connectivity index (χ3n) is 14.4. The maximum absolute atomic E-state index is 14.4. The first-order valence-electron chi connectivity index (χ1n) is 24.5. The lowest BCUT2D eigenvalue weighted by Crippen LogP contribution is -2.56. The van der Waals surface area contributed by atoms with E-state index in [0.29, 0.717) is 36.6 Å². The van der Waals surface area contributed by atoms with Crippen molar-refractivity contribution < 1.29 is 38.7 Å². The number of carbonyl (C=O) groups is 7. The third-order valence-corrected chi connectivity index (χ3v) is 14.4. The highest BCUT2D eigenvalue weighted by molar-refractivity contribution is 6.07. The third kappa shape index (κ3) is 11.3. The van der Waals surface area contributed by atoms with Gasteiger partial charge in [-0.1, -0.05) is 78.9 Å². The zero-order valence-corrected chi connectivity index (χ0v) is 40.1. The first-order valence-corrected chi connectivity index (χ1v) is 24.5. The molecule has 1 aliphatic carbocycles. The van der Waals surface area contributed by atoms with Crippen LogP contribution in [0.1, 0.15) is 110 Å². The number of imide groups is 1. The lowest BCUT2D eigenvalue weighted by Gasteiger charge is -2.29. The van der Waals surface area contributed by atoms with Gasteiger partial charge in [-0.15, -0.1) is 0 Å². The number of carbonyl (C=O) groups excluding carboxylic acids is 6. The second-order valence-corrected chi connectivity index (χ2v) is 19.5. The van der Waals surface area contributed by atoms with Gasteiger partial charge in [-0.2, -0.15) is 0 Å². The molecule has 4 atom stereocenters. The van der Waals surface area contributed by atoms with Crippen LogP contribution in [0.4, 0.5) is 5.69 Å². The summed E-state index contributed by atoms with van der Waals surface area (Å²) in [5, 5.41) is 15.8. The molecule has 1 saturated carbocycles. The van der Waals surface area contributed by atoms with E-state index in [1.165, 1.54) is 10.1 Å². The average molecular weight is 967 g/mol. The van der Waals surface area contributed by atoms with Crippen LogP contribution in [0, 0.1) is 11.8 Å². The summed E-state index contributed by atoms with van der Waals surface area (Å²) in [5.74, 6) is -2.58. The molecule has 4 aliphatic rings. The minimum Gasteiger partial charge on any atom is -0.481 e. The Labute approximate surface area is 411 Å². The molecule has 0 bridgehead atoms. The van der Waals surface area contributed by atoms with E-state index < -0.39 is 59.8 Å². The Kier molecular flexibility index (Phi) is 15.3. The molecule has 8 N–H and O–H groups in total. The van der Waals surface area contributed by atoms with E-state index >= 15 is 0 Å². The summed E-state index contributed by atoms with van der Waals surface area (Å²) < 4.78 is 3.10. The quantitative estimate of drug-likeness (QED) is 0.0866. The van der Waals surface area contributed by atoms with Gasteiger partial charge in [0.15, 0.2) is 0 Å². The number of piperidine rings is 1. The van der Waals surface area contributed by atoms with Gasteiger partial charge < -0.3 is 27.2 Å². The minimum atomic E-state index is -1.11. The molecule has 2 fully saturated rings. The molecule has 5 aromatic rings. The lowest BCUT2D eigenvalue weighted by atomic mass is 9.77. The number of primary amides is 1. The molecule has 1 aromatic heterocycles. The zero-order valence-electron chi connectivity index (χ0n) is 40.1. The van der Waals surface area contributed by atoms with Crippen molar-refractivity contribution in [3.05, 3.63) is 135 Å². The van der Waals surface area contributed by atoms with Gasteiger partial charge in [0.05, 0.1) is 28.8 Å². The van der Waals surface area contributed by atoms with Crippen molar-refractivity contribution >= 4 is 58.1 Å². The second kappa shape index (κ2) is 21.7. The number of hydrogen-bond donors (Lipinski definition) is 6. The number of aryl methyl sites for hydroxylation is 2. The number of carboxylic acid groups (broad SMARTS) is 1.